The number of benzene rings is 3. The number of hydrogen-bond acceptors (Lipinski definition) is 1. The number of rotatable bonds is 5. The number of aryl methyl sites for hydroxylation is 3. The van der Waals surface area contributed by atoms with Crippen LogP contribution in [0, 0.1) is 20.8 Å². The van der Waals surface area contributed by atoms with Crippen LogP contribution in [0.5, 0.6) is 0 Å². The zero-order chi connectivity index (χ0) is 18.7. The minimum atomic E-state index is -2.62. The molecule has 3 rings (SSSR count). The fourth-order valence-electron chi connectivity index (χ4n) is 3.88. The van der Waals surface area contributed by atoms with Crippen molar-refractivity contribution in [3.05, 3.63) is 89.5 Å². The molecule has 0 aliphatic rings. The van der Waals surface area contributed by atoms with Crippen molar-refractivity contribution in [3.63, 3.8) is 0 Å². The predicted molar refractivity (Wildman–Crippen MR) is 114 cm³/mol. The Kier molecular flexibility index (Phi) is 5.45. The van der Waals surface area contributed by atoms with Gasteiger partial charge in [-0.2, -0.15) is 0 Å². The summed E-state index contributed by atoms with van der Waals surface area (Å²) in [6, 6.07) is 26.2. The molecule has 0 aromatic heterocycles. The van der Waals surface area contributed by atoms with E-state index < -0.39 is 8.32 Å². The van der Waals surface area contributed by atoms with E-state index in [9.17, 15) is 0 Å². The second-order valence-corrected chi connectivity index (χ2v) is 10.5. The van der Waals surface area contributed by atoms with Crippen LogP contribution in [-0.2, 0) is 4.43 Å². The zero-order valence-electron chi connectivity index (χ0n) is 16.4. The molecule has 0 saturated heterocycles. The summed E-state index contributed by atoms with van der Waals surface area (Å²) in [6.07, 6.45) is 0.139. The van der Waals surface area contributed by atoms with Gasteiger partial charge in [0.05, 0.1) is 0 Å². The van der Waals surface area contributed by atoms with Crippen LogP contribution in [0.4, 0.5) is 0 Å². The van der Waals surface area contributed by atoms with Gasteiger partial charge < -0.3 is 4.43 Å². The van der Waals surface area contributed by atoms with Crippen LogP contribution < -0.4 is 15.6 Å². The van der Waals surface area contributed by atoms with Gasteiger partial charge in [0.15, 0.2) is 0 Å². The molecule has 0 fully saturated rings. The van der Waals surface area contributed by atoms with E-state index in [0.29, 0.717) is 0 Å². The van der Waals surface area contributed by atoms with E-state index in [-0.39, 0.29) is 6.10 Å². The van der Waals surface area contributed by atoms with Gasteiger partial charge in [-0.3, -0.25) is 0 Å². The molecule has 0 unspecified atom stereocenters. The van der Waals surface area contributed by atoms with Gasteiger partial charge in [0, 0.05) is 6.10 Å². The van der Waals surface area contributed by atoms with Gasteiger partial charge in [-0.1, -0.05) is 72.8 Å². The maximum atomic E-state index is 6.98. The van der Waals surface area contributed by atoms with Gasteiger partial charge in [0.25, 0.3) is 8.32 Å². The maximum absolute atomic E-state index is 6.98. The second-order valence-electron chi connectivity index (χ2n) is 7.29. The highest BCUT2D eigenvalue weighted by Gasteiger charge is 2.45. The van der Waals surface area contributed by atoms with Crippen molar-refractivity contribution in [3.8, 4) is 0 Å². The van der Waals surface area contributed by atoms with Crippen molar-refractivity contribution in [2.45, 2.75) is 40.7 Å². The summed E-state index contributed by atoms with van der Waals surface area (Å²) in [4.78, 5) is 0. The molecule has 2 heteroatoms. The van der Waals surface area contributed by atoms with Gasteiger partial charge in [0.1, 0.15) is 0 Å². The molecule has 134 valence electrons. The van der Waals surface area contributed by atoms with Gasteiger partial charge in [-0.05, 0) is 66.9 Å². The normalized spacial score (nSPS) is 11.8. The minimum Gasteiger partial charge on any atom is -0.402 e. The highest BCUT2D eigenvalue weighted by molar-refractivity contribution is 7.07. The molecule has 0 heterocycles. The Morgan fingerprint density at radius 2 is 0.885 bits per heavy atom. The molecule has 0 bridgehead atoms. The van der Waals surface area contributed by atoms with Gasteiger partial charge in [-0.15, -0.1) is 0 Å². The Morgan fingerprint density at radius 1 is 0.577 bits per heavy atom. The summed E-state index contributed by atoms with van der Waals surface area (Å²) in [5.74, 6) is 0. The second kappa shape index (κ2) is 7.61. The molecular formula is C24H28OSi. The molecule has 0 aliphatic carbocycles. The quantitative estimate of drug-likeness (QED) is 0.493. The third-order valence-electron chi connectivity index (χ3n) is 4.99. The van der Waals surface area contributed by atoms with Crippen LogP contribution in [0.3, 0.4) is 0 Å². The molecule has 26 heavy (non-hydrogen) atoms. The molecule has 0 atom stereocenters. The topological polar surface area (TPSA) is 9.23 Å². The van der Waals surface area contributed by atoms with E-state index in [0.717, 1.165) is 0 Å². The molecule has 0 aliphatic heterocycles. The third-order valence-corrected chi connectivity index (χ3v) is 9.77. The highest BCUT2D eigenvalue weighted by Crippen LogP contribution is 2.17. The molecule has 3 aromatic rings. The fraction of sp³-hybridized carbons (Fsp3) is 0.250. The standard InChI is InChI=1S/C24H28OSi/c1-18(2)25-26(22-15-9-6-12-19(22)3,23-16-10-7-13-20(23)4)24-17-11-8-14-21(24)5/h6-18H,1-5H3. The van der Waals surface area contributed by atoms with Crippen molar-refractivity contribution in [1.29, 1.82) is 0 Å². The first kappa shape index (κ1) is 18.6. The lowest BCUT2D eigenvalue weighted by Gasteiger charge is -2.37. The van der Waals surface area contributed by atoms with Crippen molar-refractivity contribution in [2.75, 3.05) is 0 Å². The zero-order valence-corrected chi connectivity index (χ0v) is 17.4. The van der Waals surface area contributed by atoms with E-state index in [1.54, 1.807) is 0 Å². The molecule has 0 N–H and O–H groups in total. The summed E-state index contributed by atoms with van der Waals surface area (Å²) >= 11 is 0. The van der Waals surface area contributed by atoms with Crippen molar-refractivity contribution in [1.82, 2.24) is 0 Å². The summed E-state index contributed by atoms with van der Waals surface area (Å²) in [7, 11) is -2.62. The largest absolute Gasteiger partial charge is 0.402 e. The average Bonchev–Trinajstić information content (AvgIpc) is 2.61. The molecule has 0 radical (unpaired) electrons. The van der Waals surface area contributed by atoms with E-state index in [1.807, 2.05) is 0 Å². The number of hydrogen-bond donors (Lipinski definition) is 0. The Hall–Kier alpha value is -2.16. The highest BCUT2D eigenvalue weighted by atomic mass is 28.4. The van der Waals surface area contributed by atoms with Crippen LogP contribution in [0.25, 0.3) is 0 Å². The molecule has 3 aromatic carbocycles. The summed E-state index contributed by atoms with van der Waals surface area (Å²) in [5.41, 5.74) is 3.89. The van der Waals surface area contributed by atoms with Crippen molar-refractivity contribution in [2.24, 2.45) is 0 Å². The minimum absolute atomic E-state index is 0.139. The summed E-state index contributed by atoms with van der Waals surface area (Å²) in [5, 5.41) is 4.03. The van der Waals surface area contributed by atoms with Crippen molar-refractivity contribution >= 4 is 23.9 Å². The Balaban J connectivity index is 2.46. The monoisotopic (exact) mass is 360 g/mol. The Labute approximate surface area is 158 Å². The SMILES string of the molecule is Cc1ccccc1[Si](OC(C)C)(c1ccccc1C)c1ccccc1C. The lowest BCUT2D eigenvalue weighted by molar-refractivity contribution is 0.245. The van der Waals surface area contributed by atoms with Crippen molar-refractivity contribution < 1.29 is 4.43 Å². The van der Waals surface area contributed by atoms with Crippen LogP contribution in [0.15, 0.2) is 72.8 Å². The maximum Gasteiger partial charge on any atom is 0.289 e. The summed E-state index contributed by atoms with van der Waals surface area (Å²) < 4.78 is 6.98. The lowest BCUT2D eigenvalue weighted by atomic mass is 10.2. The first-order chi connectivity index (χ1) is 12.5. The van der Waals surface area contributed by atoms with Crippen LogP contribution >= 0.6 is 0 Å². The summed E-state index contributed by atoms with van der Waals surface area (Å²) in [6.45, 7) is 10.9. The molecule has 0 spiro atoms. The predicted octanol–water partition coefficient (Wildman–Crippen LogP) is 4.00. The molecule has 0 saturated carbocycles. The smallest absolute Gasteiger partial charge is 0.289 e. The first-order valence-electron chi connectivity index (χ1n) is 9.33. The molecular weight excluding hydrogens is 332 g/mol. The molecule has 1 nitrogen and oxygen atoms in total. The van der Waals surface area contributed by atoms with Crippen LogP contribution in [-0.4, -0.2) is 14.4 Å². The van der Waals surface area contributed by atoms with E-state index in [4.69, 9.17) is 4.43 Å². The van der Waals surface area contributed by atoms with Gasteiger partial charge >= 0.3 is 0 Å². The third kappa shape index (κ3) is 3.27. The Bertz CT molecular complexity index is 787. The first-order valence-corrected chi connectivity index (χ1v) is 11.2. The van der Waals surface area contributed by atoms with E-state index in [2.05, 4.69) is 107 Å². The Morgan fingerprint density at radius 3 is 1.15 bits per heavy atom. The lowest BCUT2D eigenvalue weighted by Crippen LogP contribution is -2.71. The van der Waals surface area contributed by atoms with Gasteiger partial charge in [0.2, 0.25) is 0 Å². The molecule has 0 amide bonds. The fourth-order valence-corrected chi connectivity index (χ4v) is 8.75. The van der Waals surface area contributed by atoms with Crippen LogP contribution in [0.2, 0.25) is 0 Å². The van der Waals surface area contributed by atoms with Gasteiger partial charge in [-0.25, -0.2) is 0 Å². The van der Waals surface area contributed by atoms with E-state index in [1.165, 1.54) is 32.3 Å². The average molecular weight is 361 g/mol. The van der Waals surface area contributed by atoms with E-state index >= 15 is 0 Å². The van der Waals surface area contributed by atoms with Crippen LogP contribution in [0.1, 0.15) is 30.5 Å².